The monoisotopic (exact) mass is 1040 g/mol. The molecule has 12 heteroatoms. The van der Waals surface area contributed by atoms with Crippen LogP contribution in [0.5, 0.6) is 34.5 Å². The topological polar surface area (TPSA) is 131 Å². The van der Waals surface area contributed by atoms with Crippen molar-refractivity contribution in [2.75, 3.05) is 79.3 Å². The first kappa shape index (κ1) is 51.6. The predicted octanol–water partition coefficient (Wildman–Crippen LogP) is 10.5. The molecule has 6 saturated heterocycles. The zero-order chi connectivity index (χ0) is 52.7. The summed E-state index contributed by atoms with van der Waals surface area (Å²) in [6.45, 7) is 21.4. The van der Waals surface area contributed by atoms with Gasteiger partial charge in [0.25, 0.3) is 0 Å². The third-order valence-corrected chi connectivity index (χ3v) is 15.9. The maximum Gasteiger partial charge on any atom is 0.119 e. The Morgan fingerprint density at radius 1 is 0.299 bits per heavy atom. The molecule has 6 aromatic carbocycles. The lowest BCUT2D eigenvalue weighted by Crippen LogP contribution is -2.25. The van der Waals surface area contributed by atoms with Crippen LogP contribution in [0.25, 0.3) is 0 Å². The zero-order valence-corrected chi connectivity index (χ0v) is 45.3. The Labute approximate surface area is 453 Å². The summed E-state index contributed by atoms with van der Waals surface area (Å²) in [7, 11) is 0. The van der Waals surface area contributed by atoms with E-state index in [1.165, 1.54) is 44.5 Å². The number of epoxide rings is 6. The van der Waals surface area contributed by atoms with Crippen molar-refractivity contribution in [3.05, 3.63) is 177 Å². The van der Waals surface area contributed by atoms with Gasteiger partial charge in [-0.1, -0.05) is 90.1 Å². The normalized spacial score (nSPS) is 21.9. The highest BCUT2D eigenvalue weighted by molar-refractivity contribution is 5.56. The highest BCUT2D eigenvalue weighted by Gasteiger charge is 2.35. The summed E-state index contributed by atoms with van der Waals surface area (Å²) in [5, 5.41) is 0. The fourth-order valence-corrected chi connectivity index (χ4v) is 10.6. The number of hydrogen-bond donors (Lipinski definition) is 0. The second-order valence-electron chi connectivity index (χ2n) is 23.2. The highest BCUT2D eigenvalue weighted by atomic mass is 16.6. The molecule has 0 aliphatic carbocycles. The van der Waals surface area contributed by atoms with Gasteiger partial charge >= 0.3 is 0 Å². The summed E-state index contributed by atoms with van der Waals surface area (Å²) in [6, 6.07) is 43.4. The summed E-state index contributed by atoms with van der Waals surface area (Å²) < 4.78 is 71.0. The SMILES string of the molecule is CC(C)(c1ccc(OCC2CO2)cc1)c1ccc(OCC2CO2)cc1Cc1cc(OCC2CO2)ccc1C(C)(C)c1ccc(OCC2CO2)cc1Cc1cc(OCC2CO2)ccc1C(C)(C)c1ccc(OCC2CO2)cc1. The molecule has 6 atom stereocenters. The molecule has 6 heterocycles. The van der Waals surface area contributed by atoms with Gasteiger partial charge in [-0.05, 0) is 141 Å². The van der Waals surface area contributed by atoms with E-state index in [0.717, 1.165) is 72.1 Å². The van der Waals surface area contributed by atoms with Crippen molar-refractivity contribution in [3.8, 4) is 34.5 Å². The summed E-state index contributed by atoms with van der Waals surface area (Å²) in [4.78, 5) is 0. The summed E-state index contributed by atoms with van der Waals surface area (Å²) in [5.41, 5.74) is 10.5. The molecule has 0 N–H and O–H groups in total. The standard InChI is InChI=1S/C65H72O12/c1-63(2,45-7-11-47(12-8-45)66-29-53-35-72-53)59-19-15-49(68-31-55-37-74-55)25-41(59)23-43-27-51(70-33-57-39-76-57)17-21-61(43)65(5,6)62-22-18-52(71-34-58-40-77-58)28-44(62)24-42-26-50(69-32-56-38-75-56)16-20-60(42)64(3,4)46-9-13-48(14-10-46)67-30-54-36-73-54/h7-22,25-28,53-58H,23-24,29-40H2,1-6H3. The number of benzene rings is 6. The average Bonchev–Trinajstić information content (AvgIpc) is 4.26. The molecule has 0 amide bonds. The van der Waals surface area contributed by atoms with Crippen LogP contribution < -0.4 is 28.4 Å². The molecule has 6 unspecified atom stereocenters. The van der Waals surface area contributed by atoms with E-state index >= 15 is 0 Å². The lowest BCUT2D eigenvalue weighted by molar-refractivity contribution is 0.262. The molecule has 6 aromatic rings. The smallest absolute Gasteiger partial charge is 0.119 e. The van der Waals surface area contributed by atoms with E-state index in [1.807, 2.05) is 0 Å². The first-order valence-electron chi connectivity index (χ1n) is 27.5. The van der Waals surface area contributed by atoms with Crippen molar-refractivity contribution in [2.45, 2.75) is 107 Å². The highest BCUT2D eigenvalue weighted by Crippen LogP contribution is 2.44. The van der Waals surface area contributed by atoms with Crippen LogP contribution in [-0.2, 0) is 57.5 Å². The fourth-order valence-electron chi connectivity index (χ4n) is 10.6. The van der Waals surface area contributed by atoms with Crippen LogP contribution in [0.15, 0.2) is 121 Å². The van der Waals surface area contributed by atoms with Crippen molar-refractivity contribution in [1.82, 2.24) is 0 Å². The van der Waals surface area contributed by atoms with Gasteiger partial charge in [0.15, 0.2) is 0 Å². The van der Waals surface area contributed by atoms with Gasteiger partial charge in [-0.2, -0.15) is 0 Å². The van der Waals surface area contributed by atoms with Gasteiger partial charge in [0.05, 0.1) is 39.6 Å². The maximum atomic E-state index is 6.48. The minimum absolute atomic E-state index is 0.113. The van der Waals surface area contributed by atoms with Crippen molar-refractivity contribution >= 4 is 0 Å². The Balaban J connectivity index is 0.922. The van der Waals surface area contributed by atoms with E-state index in [1.54, 1.807) is 0 Å². The first-order chi connectivity index (χ1) is 37.3. The summed E-state index contributed by atoms with van der Waals surface area (Å²) >= 11 is 0. The third kappa shape index (κ3) is 12.9. The fraction of sp³-hybridized carbons (Fsp3) is 0.446. The summed E-state index contributed by atoms with van der Waals surface area (Å²) in [6.07, 6.45) is 2.09. The van der Waals surface area contributed by atoms with Crippen molar-refractivity contribution in [1.29, 1.82) is 0 Å². The van der Waals surface area contributed by atoms with Crippen LogP contribution in [0, 0.1) is 0 Å². The molecule has 0 saturated carbocycles. The molecule has 6 aliphatic rings. The maximum absolute atomic E-state index is 6.48. The molecule has 12 nitrogen and oxygen atoms in total. The van der Waals surface area contributed by atoms with Crippen LogP contribution in [-0.4, -0.2) is 116 Å². The first-order valence-corrected chi connectivity index (χ1v) is 27.5. The minimum atomic E-state index is -0.524. The van der Waals surface area contributed by atoms with Crippen LogP contribution >= 0.6 is 0 Å². The Bertz CT molecular complexity index is 2810. The molecule has 0 aromatic heterocycles. The lowest BCUT2D eigenvalue weighted by Gasteiger charge is -2.34. The quantitative estimate of drug-likeness (QED) is 0.0434. The van der Waals surface area contributed by atoms with Crippen molar-refractivity contribution < 1.29 is 56.8 Å². The second-order valence-corrected chi connectivity index (χ2v) is 23.2. The van der Waals surface area contributed by atoms with Gasteiger partial charge in [0.1, 0.15) is 111 Å². The van der Waals surface area contributed by atoms with E-state index in [9.17, 15) is 0 Å². The summed E-state index contributed by atoms with van der Waals surface area (Å²) in [5.74, 6) is 4.93. The molecule has 6 aliphatic heterocycles. The van der Waals surface area contributed by atoms with Gasteiger partial charge in [-0.3, -0.25) is 0 Å². The molecule has 0 spiro atoms. The van der Waals surface area contributed by atoms with Crippen LogP contribution in [0.4, 0.5) is 0 Å². The number of rotatable bonds is 28. The van der Waals surface area contributed by atoms with Gasteiger partial charge < -0.3 is 56.8 Å². The van der Waals surface area contributed by atoms with Crippen molar-refractivity contribution in [3.63, 3.8) is 0 Å². The molecule has 404 valence electrons. The third-order valence-electron chi connectivity index (χ3n) is 15.9. The Kier molecular flexibility index (Phi) is 14.5. The molecular formula is C65H72O12. The van der Waals surface area contributed by atoms with Gasteiger partial charge in [-0.25, -0.2) is 0 Å². The molecule has 6 fully saturated rings. The number of hydrogen-bond acceptors (Lipinski definition) is 12. The minimum Gasteiger partial charge on any atom is -0.491 e. The Morgan fingerprint density at radius 2 is 0.506 bits per heavy atom. The lowest BCUT2D eigenvalue weighted by atomic mass is 9.71. The van der Waals surface area contributed by atoms with Crippen LogP contribution in [0.2, 0.25) is 0 Å². The van der Waals surface area contributed by atoms with E-state index in [0.29, 0.717) is 65.7 Å². The molecule has 0 bridgehead atoms. The molecule has 77 heavy (non-hydrogen) atoms. The molecule has 12 rings (SSSR count). The Morgan fingerprint density at radius 3 is 0.740 bits per heavy atom. The second kappa shape index (κ2) is 21.6. The van der Waals surface area contributed by atoms with Gasteiger partial charge in [0.2, 0.25) is 0 Å². The largest absolute Gasteiger partial charge is 0.491 e. The van der Waals surface area contributed by atoms with E-state index in [-0.39, 0.29) is 47.5 Å². The van der Waals surface area contributed by atoms with Crippen LogP contribution in [0.3, 0.4) is 0 Å². The van der Waals surface area contributed by atoms with E-state index < -0.39 is 5.41 Å². The van der Waals surface area contributed by atoms with E-state index in [4.69, 9.17) is 56.8 Å². The van der Waals surface area contributed by atoms with Gasteiger partial charge in [0, 0.05) is 16.2 Å². The zero-order valence-electron chi connectivity index (χ0n) is 45.3. The van der Waals surface area contributed by atoms with Crippen LogP contribution in [0.1, 0.15) is 97.2 Å². The average molecular weight is 1050 g/mol. The predicted molar refractivity (Wildman–Crippen MR) is 292 cm³/mol. The Hall–Kier alpha value is -6.12. The molecule has 0 radical (unpaired) electrons. The van der Waals surface area contributed by atoms with Gasteiger partial charge in [-0.15, -0.1) is 0 Å². The van der Waals surface area contributed by atoms with E-state index in [2.05, 4.69) is 163 Å². The molecular weight excluding hydrogens is 973 g/mol. The van der Waals surface area contributed by atoms with Crippen molar-refractivity contribution in [2.24, 2.45) is 0 Å². The number of ether oxygens (including phenoxy) is 12.